The molecule has 0 atom stereocenters. The first-order valence-electron chi connectivity index (χ1n) is 9.67. The van der Waals surface area contributed by atoms with Crippen molar-refractivity contribution in [2.75, 3.05) is 17.7 Å². The number of thioether (sulfide) groups is 1. The number of esters is 1. The number of hydrogen-bond acceptors (Lipinski definition) is 7. The van der Waals surface area contributed by atoms with E-state index < -0.39 is 5.97 Å². The Morgan fingerprint density at radius 3 is 2.65 bits per heavy atom. The number of benzene rings is 1. The molecule has 1 amide bonds. The van der Waals surface area contributed by atoms with Gasteiger partial charge in [0.2, 0.25) is 5.91 Å². The molecule has 0 bridgehead atoms. The van der Waals surface area contributed by atoms with Gasteiger partial charge in [0.15, 0.2) is 5.16 Å². The van der Waals surface area contributed by atoms with Crippen molar-refractivity contribution in [1.82, 2.24) is 9.55 Å². The van der Waals surface area contributed by atoms with Crippen LogP contribution < -0.4 is 10.9 Å². The maximum atomic E-state index is 13.0. The van der Waals surface area contributed by atoms with Crippen molar-refractivity contribution in [3.8, 4) is 0 Å². The smallest absolute Gasteiger partial charge is 0.338 e. The summed E-state index contributed by atoms with van der Waals surface area (Å²) in [5, 5.41) is 3.89. The van der Waals surface area contributed by atoms with Crippen molar-refractivity contribution in [1.29, 1.82) is 0 Å². The lowest BCUT2D eigenvalue weighted by Crippen LogP contribution is -2.23. The molecule has 3 rings (SSSR count). The molecule has 0 saturated heterocycles. The minimum atomic E-state index is -0.406. The number of carbonyl (C=O) groups is 2. The van der Waals surface area contributed by atoms with Gasteiger partial charge in [0.1, 0.15) is 4.83 Å². The van der Waals surface area contributed by atoms with Crippen LogP contribution in [-0.4, -0.2) is 33.8 Å². The summed E-state index contributed by atoms with van der Waals surface area (Å²) in [6.07, 6.45) is 1.64. The topological polar surface area (TPSA) is 90.3 Å². The normalized spacial score (nSPS) is 10.8. The number of rotatable bonds is 8. The molecule has 1 aromatic carbocycles. The highest BCUT2D eigenvalue weighted by molar-refractivity contribution is 7.99. The molecule has 0 radical (unpaired) electrons. The zero-order valence-corrected chi connectivity index (χ0v) is 19.2. The number of anilines is 1. The van der Waals surface area contributed by atoms with Crippen molar-refractivity contribution in [3.63, 3.8) is 0 Å². The molecule has 1 N–H and O–H groups in total. The molecule has 0 aliphatic rings. The Morgan fingerprint density at radius 1 is 1.29 bits per heavy atom. The zero-order chi connectivity index (χ0) is 22.5. The molecule has 9 heteroatoms. The number of fused-ring (bicyclic) bond motifs is 1. The van der Waals surface area contributed by atoms with Crippen molar-refractivity contribution in [2.24, 2.45) is 0 Å². The van der Waals surface area contributed by atoms with Gasteiger partial charge in [-0.1, -0.05) is 17.8 Å². The Bertz CT molecular complexity index is 1200. The van der Waals surface area contributed by atoms with E-state index in [0.717, 1.165) is 10.4 Å². The zero-order valence-electron chi connectivity index (χ0n) is 17.6. The lowest BCUT2D eigenvalue weighted by atomic mass is 10.2. The molecule has 2 heterocycles. The number of hydrogen-bond donors (Lipinski definition) is 1. The average Bonchev–Trinajstić information content (AvgIpc) is 3.03. The Labute approximate surface area is 188 Å². The fourth-order valence-electron chi connectivity index (χ4n) is 2.94. The Kier molecular flexibility index (Phi) is 7.29. The number of ether oxygens (including phenoxy) is 1. The SMILES string of the molecule is C=CCn1c(SCC(=O)Nc2ccc(C(=O)OCC)cc2)nc2sc(C)c(C)c2c1=O. The Morgan fingerprint density at radius 2 is 2.00 bits per heavy atom. The van der Waals surface area contributed by atoms with Crippen LogP contribution in [0.15, 0.2) is 46.9 Å². The average molecular weight is 458 g/mol. The highest BCUT2D eigenvalue weighted by Crippen LogP contribution is 2.28. The van der Waals surface area contributed by atoms with Gasteiger partial charge in [-0.25, -0.2) is 9.78 Å². The van der Waals surface area contributed by atoms with E-state index in [1.54, 1.807) is 41.8 Å². The minimum Gasteiger partial charge on any atom is -0.462 e. The van der Waals surface area contributed by atoms with Crippen LogP contribution in [0, 0.1) is 13.8 Å². The van der Waals surface area contributed by atoms with E-state index in [2.05, 4.69) is 16.9 Å². The number of nitrogens with zero attached hydrogens (tertiary/aromatic N) is 2. The van der Waals surface area contributed by atoms with Gasteiger partial charge in [-0.05, 0) is 50.6 Å². The van der Waals surface area contributed by atoms with E-state index in [-0.39, 0.29) is 17.2 Å². The van der Waals surface area contributed by atoms with Gasteiger partial charge in [0, 0.05) is 17.1 Å². The van der Waals surface area contributed by atoms with Crippen molar-refractivity contribution in [2.45, 2.75) is 32.5 Å². The molecule has 2 aromatic heterocycles. The summed E-state index contributed by atoms with van der Waals surface area (Å²) in [6, 6.07) is 6.48. The van der Waals surface area contributed by atoms with Gasteiger partial charge in [-0.3, -0.25) is 14.2 Å². The summed E-state index contributed by atoms with van der Waals surface area (Å²) in [5.74, 6) is -0.568. The maximum Gasteiger partial charge on any atom is 0.338 e. The molecule has 0 unspecified atom stereocenters. The third-order valence-electron chi connectivity index (χ3n) is 4.58. The molecule has 7 nitrogen and oxygen atoms in total. The molecule has 0 spiro atoms. The summed E-state index contributed by atoms with van der Waals surface area (Å²) in [4.78, 5) is 43.5. The number of nitrogens with one attached hydrogen (secondary N) is 1. The van der Waals surface area contributed by atoms with Crippen molar-refractivity contribution in [3.05, 3.63) is 63.3 Å². The first-order chi connectivity index (χ1) is 14.8. The highest BCUT2D eigenvalue weighted by Gasteiger charge is 2.17. The summed E-state index contributed by atoms with van der Waals surface area (Å²) < 4.78 is 6.49. The number of allylic oxidation sites excluding steroid dienone is 1. The molecule has 0 fully saturated rings. The Hall–Kier alpha value is -2.91. The molecule has 162 valence electrons. The molecule has 0 aliphatic carbocycles. The largest absolute Gasteiger partial charge is 0.462 e. The quantitative estimate of drug-likeness (QED) is 0.236. The van der Waals surface area contributed by atoms with Crippen LogP contribution in [0.5, 0.6) is 0 Å². The van der Waals surface area contributed by atoms with Crippen LogP contribution in [0.2, 0.25) is 0 Å². The lowest BCUT2D eigenvalue weighted by Gasteiger charge is -2.11. The molecular formula is C22H23N3O4S2. The fourth-order valence-corrected chi connectivity index (χ4v) is 4.82. The van der Waals surface area contributed by atoms with E-state index in [9.17, 15) is 14.4 Å². The van der Waals surface area contributed by atoms with Crippen LogP contribution in [0.1, 0.15) is 27.7 Å². The molecule has 31 heavy (non-hydrogen) atoms. The fraction of sp³-hybridized carbons (Fsp3) is 0.273. The number of aromatic nitrogens is 2. The van der Waals surface area contributed by atoms with Crippen LogP contribution >= 0.6 is 23.1 Å². The van der Waals surface area contributed by atoms with Crippen LogP contribution in [0.4, 0.5) is 5.69 Å². The van der Waals surface area contributed by atoms with E-state index in [1.165, 1.54) is 23.1 Å². The van der Waals surface area contributed by atoms with Gasteiger partial charge >= 0.3 is 5.97 Å². The number of amides is 1. The van der Waals surface area contributed by atoms with Crippen molar-refractivity contribution >= 4 is 50.9 Å². The molecule has 3 aromatic rings. The maximum absolute atomic E-state index is 13.0. The molecular weight excluding hydrogens is 434 g/mol. The third kappa shape index (κ3) is 5.05. The van der Waals surface area contributed by atoms with Crippen LogP contribution in [0.3, 0.4) is 0 Å². The summed E-state index contributed by atoms with van der Waals surface area (Å²) in [5.41, 5.74) is 1.80. The second-order valence-electron chi connectivity index (χ2n) is 6.70. The van der Waals surface area contributed by atoms with Gasteiger partial charge in [-0.15, -0.1) is 17.9 Å². The molecule has 0 saturated carbocycles. The predicted molar refractivity (Wildman–Crippen MR) is 125 cm³/mol. The third-order valence-corrected chi connectivity index (χ3v) is 6.66. The minimum absolute atomic E-state index is 0.0814. The van der Waals surface area contributed by atoms with Gasteiger partial charge in [-0.2, -0.15) is 0 Å². The summed E-state index contributed by atoms with van der Waals surface area (Å²) >= 11 is 2.67. The van der Waals surface area contributed by atoms with E-state index in [4.69, 9.17) is 4.74 Å². The first-order valence-corrected chi connectivity index (χ1v) is 11.5. The van der Waals surface area contributed by atoms with Gasteiger partial charge in [0.25, 0.3) is 5.56 Å². The van der Waals surface area contributed by atoms with E-state index in [0.29, 0.717) is 39.8 Å². The second kappa shape index (κ2) is 9.93. The van der Waals surface area contributed by atoms with Gasteiger partial charge < -0.3 is 10.1 Å². The first kappa shape index (κ1) is 22.8. The Balaban J connectivity index is 1.74. The van der Waals surface area contributed by atoms with Gasteiger partial charge in [0.05, 0.1) is 23.3 Å². The van der Waals surface area contributed by atoms with E-state index in [1.807, 2.05) is 13.8 Å². The highest BCUT2D eigenvalue weighted by atomic mass is 32.2. The molecule has 0 aliphatic heterocycles. The number of carbonyl (C=O) groups excluding carboxylic acids is 2. The summed E-state index contributed by atoms with van der Waals surface area (Å²) in [7, 11) is 0. The van der Waals surface area contributed by atoms with Crippen LogP contribution in [-0.2, 0) is 16.1 Å². The number of aryl methyl sites for hydroxylation is 2. The van der Waals surface area contributed by atoms with Crippen molar-refractivity contribution < 1.29 is 14.3 Å². The van der Waals surface area contributed by atoms with Crippen LogP contribution in [0.25, 0.3) is 10.2 Å². The summed E-state index contributed by atoms with van der Waals surface area (Å²) in [6.45, 7) is 9.96. The lowest BCUT2D eigenvalue weighted by molar-refractivity contribution is -0.113. The number of thiophene rings is 1. The van der Waals surface area contributed by atoms with E-state index >= 15 is 0 Å². The monoisotopic (exact) mass is 457 g/mol. The predicted octanol–water partition coefficient (Wildman–Crippen LogP) is 4.17. The standard InChI is InChI=1S/C22H23N3O4S2/c1-5-11-25-20(27)18-13(3)14(4)31-19(18)24-22(25)30-12-17(26)23-16-9-7-15(8-10-16)21(28)29-6-2/h5,7-10H,1,6,11-12H2,2-4H3,(H,23,26). The second-order valence-corrected chi connectivity index (χ2v) is 8.84.